The summed E-state index contributed by atoms with van der Waals surface area (Å²) in [6, 6.07) is 0. The summed E-state index contributed by atoms with van der Waals surface area (Å²) in [6.45, 7) is 0.646. The largest absolute Gasteiger partial charge is 0.349 e. The Hall–Kier alpha value is -0.120. The molecule has 0 aromatic rings. The first-order valence-corrected chi connectivity index (χ1v) is 1.91. The molecule has 0 radical (unpaired) electrons. The van der Waals surface area contributed by atoms with E-state index in [0.717, 1.165) is 0 Å². The third-order valence-corrected chi connectivity index (χ3v) is 1.43. The summed E-state index contributed by atoms with van der Waals surface area (Å²) in [5.41, 5.74) is 0. The highest BCUT2D eigenvalue weighted by Crippen LogP contribution is 2.75. The SMILES string of the molecule is C1OC23OC12O3. The van der Waals surface area contributed by atoms with E-state index in [4.69, 9.17) is 14.2 Å². The second-order valence-corrected chi connectivity index (χ2v) is 1.80. The van der Waals surface area contributed by atoms with Crippen molar-refractivity contribution in [2.75, 3.05) is 6.61 Å². The summed E-state index contributed by atoms with van der Waals surface area (Å²) in [7, 11) is 0. The predicted molar refractivity (Wildman–Crippen MR) is 13.6 cm³/mol. The van der Waals surface area contributed by atoms with Gasteiger partial charge in [-0.25, -0.2) is 0 Å². The molecule has 3 aliphatic rings. The van der Waals surface area contributed by atoms with Crippen LogP contribution in [0.1, 0.15) is 0 Å². The van der Waals surface area contributed by atoms with Crippen LogP contribution < -0.4 is 0 Å². The first-order valence-electron chi connectivity index (χ1n) is 1.91. The quantitative estimate of drug-likeness (QED) is 0.370. The molecule has 3 fully saturated rings. The maximum Gasteiger partial charge on any atom is 0.349 e. The number of rotatable bonds is 0. The lowest BCUT2D eigenvalue weighted by atomic mass is 10.4. The topological polar surface area (TPSA) is 34.3 Å². The van der Waals surface area contributed by atoms with Crippen molar-refractivity contribution in [3.63, 3.8) is 0 Å². The van der Waals surface area contributed by atoms with Crippen molar-refractivity contribution >= 4 is 0 Å². The van der Waals surface area contributed by atoms with Crippen LogP contribution in [0.25, 0.3) is 0 Å². The lowest BCUT2D eigenvalue weighted by Gasteiger charge is -1.93. The molecule has 3 heterocycles. The lowest BCUT2D eigenvalue weighted by molar-refractivity contribution is -0.133. The Morgan fingerprint density at radius 1 is 1.33 bits per heavy atom. The first-order chi connectivity index (χ1) is 2.87. The molecule has 3 aliphatic heterocycles. The second kappa shape index (κ2) is 0.291. The van der Waals surface area contributed by atoms with Crippen molar-refractivity contribution in [1.82, 2.24) is 0 Å². The molecule has 0 atom stereocenters. The second-order valence-electron chi connectivity index (χ2n) is 1.80. The van der Waals surface area contributed by atoms with E-state index in [0.29, 0.717) is 6.61 Å². The molecule has 0 spiro atoms. The molecule has 0 unspecified atom stereocenters. The highest BCUT2D eigenvalue weighted by Gasteiger charge is 3.01. The van der Waals surface area contributed by atoms with Gasteiger partial charge in [-0.2, -0.15) is 0 Å². The first kappa shape index (κ1) is 2.26. The van der Waals surface area contributed by atoms with Crippen molar-refractivity contribution < 1.29 is 14.2 Å². The van der Waals surface area contributed by atoms with Gasteiger partial charge in [0.15, 0.2) is 0 Å². The number of epoxide rings is 2. The summed E-state index contributed by atoms with van der Waals surface area (Å²) in [5, 5.41) is 0. The average molecular weight is 86.0 g/mol. The maximum atomic E-state index is 4.85. The highest BCUT2D eigenvalue weighted by molar-refractivity contribution is 5.19. The molecular formula is C3H2O3. The molecule has 0 amide bonds. The zero-order chi connectivity index (χ0) is 3.83. The zero-order valence-electron chi connectivity index (χ0n) is 2.93. The summed E-state index contributed by atoms with van der Waals surface area (Å²) < 4.78 is 14.5. The molecule has 32 valence electrons. The molecule has 3 rings (SSSR count). The monoisotopic (exact) mass is 86.0 g/mol. The van der Waals surface area contributed by atoms with Gasteiger partial charge >= 0.3 is 5.97 Å². The lowest BCUT2D eigenvalue weighted by Crippen LogP contribution is -2.17. The molecule has 3 saturated heterocycles. The van der Waals surface area contributed by atoms with Gasteiger partial charge in [-0.05, 0) is 0 Å². The predicted octanol–water partition coefficient (Wildman–Crippen LogP) is -0.573. The van der Waals surface area contributed by atoms with Crippen LogP contribution in [-0.4, -0.2) is 18.4 Å². The van der Waals surface area contributed by atoms with E-state index < -0.39 is 5.97 Å². The molecule has 0 bridgehead atoms. The fraction of sp³-hybridized carbons (Fsp3) is 1.00. The van der Waals surface area contributed by atoms with Crippen LogP contribution in [0.3, 0.4) is 0 Å². The molecule has 3 nitrogen and oxygen atoms in total. The molecule has 0 aromatic carbocycles. The zero-order valence-corrected chi connectivity index (χ0v) is 2.93. The minimum atomic E-state index is -0.465. The highest BCUT2D eigenvalue weighted by atomic mass is 17.2. The van der Waals surface area contributed by atoms with Crippen molar-refractivity contribution in [2.45, 2.75) is 11.8 Å². The smallest absolute Gasteiger partial charge is 0.317 e. The standard InChI is InChI=1S/C3H2O3/c1-2-3(4-1,5-2)6-2/h1H2. The molecule has 0 aromatic heterocycles. The van der Waals surface area contributed by atoms with Crippen LogP contribution in [-0.2, 0) is 14.2 Å². The Morgan fingerprint density at radius 2 is 2.00 bits per heavy atom. The third-order valence-electron chi connectivity index (χ3n) is 1.43. The van der Waals surface area contributed by atoms with E-state index in [1.54, 1.807) is 0 Å². The van der Waals surface area contributed by atoms with E-state index in [1.165, 1.54) is 0 Å². The van der Waals surface area contributed by atoms with Gasteiger partial charge in [0, 0.05) is 0 Å². The van der Waals surface area contributed by atoms with Crippen LogP contribution in [0.5, 0.6) is 0 Å². The summed E-state index contributed by atoms with van der Waals surface area (Å²) in [5.74, 6) is -0.653. The average Bonchev–Trinajstić information content (AvgIpc) is 1.73. The van der Waals surface area contributed by atoms with E-state index in [-0.39, 0.29) is 5.79 Å². The Bertz CT molecular complexity index is 99.0. The van der Waals surface area contributed by atoms with Gasteiger partial charge in [0.2, 0.25) is 0 Å². The van der Waals surface area contributed by atoms with Crippen LogP contribution in [0.4, 0.5) is 0 Å². The van der Waals surface area contributed by atoms with Crippen LogP contribution in [0.15, 0.2) is 0 Å². The molecule has 6 heavy (non-hydrogen) atoms. The molecule has 0 N–H and O–H groups in total. The summed E-state index contributed by atoms with van der Waals surface area (Å²) in [4.78, 5) is 0. The fourth-order valence-electron chi connectivity index (χ4n) is 0.816. The van der Waals surface area contributed by atoms with Gasteiger partial charge in [0.05, 0.1) is 0 Å². The maximum absolute atomic E-state index is 4.85. The minimum absolute atomic E-state index is 0.188. The normalized spacial score (nSPS) is 80.0. The summed E-state index contributed by atoms with van der Waals surface area (Å²) in [6.07, 6.45) is 0. The van der Waals surface area contributed by atoms with Crippen LogP contribution in [0.2, 0.25) is 0 Å². The van der Waals surface area contributed by atoms with Gasteiger partial charge in [0.25, 0.3) is 5.79 Å². The third kappa shape index (κ3) is 0.0564. The van der Waals surface area contributed by atoms with E-state index in [9.17, 15) is 0 Å². The van der Waals surface area contributed by atoms with Gasteiger partial charge in [-0.1, -0.05) is 0 Å². The number of hydrogen-bond acceptors (Lipinski definition) is 3. The van der Waals surface area contributed by atoms with Crippen molar-refractivity contribution in [3.8, 4) is 0 Å². The molecule has 0 saturated carbocycles. The van der Waals surface area contributed by atoms with Crippen molar-refractivity contribution in [3.05, 3.63) is 0 Å². The Labute approximate surface area is 33.8 Å². The van der Waals surface area contributed by atoms with Gasteiger partial charge in [-0.15, -0.1) is 0 Å². The van der Waals surface area contributed by atoms with Crippen LogP contribution >= 0.6 is 0 Å². The Kier molecular flexibility index (Phi) is 0.109. The van der Waals surface area contributed by atoms with Gasteiger partial charge in [0.1, 0.15) is 6.61 Å². The van der Waals surface area contributed by atoms with E-state index in [2.05, 4.69) is 0 Å². The van der Waals surface area contributed by atoms with E-state index in [1.807, 2.05) is 0 Å². The van der Waals surface area contributed by atoms with Crippen molar-refractivity contribution in [1.29, 1.82) is 0 Å². The Balaban J connectivity index is 2.32. The minimum Gasteiger partial charge on any atom is -0.317 e. The Morgan fingerprint density at radius 3 is 2.00 bits per heavy atom. The molecule has 0 aliphatic carbocycles. The number of hydrogen-bond donors (Lipinski definition) is 0. The van der Waals surface area contributed by atoms with Crippen molar-refractivity contribution in [2.24, 2.45) is 0 Å². The van der Waals surface area contributed by atoms with Gasteiger partial charge in [-0.3, -0.25) is 9.47 Å². The van der Waals surface area contributed by atoms with Crippen LogP contribution in [0, 0.1) is 0 Å². The summed E-state index contributed by atoms with van der Waals surface area (Å²) >= 11 is 0. The molecular weight excluding hydrogens is 84.0 g/mol. The number of ether oxygens (including phenoxy) is 3. The van der Waals surface area contributed by atoms with Gasteiger partial charge < -0.3 is 4.74 Å². The fourth-order valence-corrected chi connectivity index (χ4v) is 0.816. The molecule has 3 heteroatoms. The van der Waals surface area contributed by atoms with E-state index >= 15 is 0 Å².